The van der Waals surface area contributed by atoms with Crippen LogP contribution in [0, 0.1) is 6.92 Å². The SMILES string of the molecule is COc1ccc(CC(=O)NC(N)=N[C@H]2CN[C@@H](C(=O)Nc3cc(S(N)(=O)=O)ccc3C)C2)cc1OC. The van der Waals surface area contributed by atoms with Crippen LogP contribution in [-0.2, 0) is 26.0 Å². The minimum atomic E-state index is -3.90. The monoisotopic (exact) mass is 518 g/mol. The van der Waals surface area contributed by atoms with E-state index in [1.807, 2.05) is 0 Å². The predicted molar refractivity (Wildman–Crippen MR) is 134 cm³/mol. The molecule has 0 saturated carbocycles. The molecular formula is C23H30N6O6S. The van der Waals surface area contributed by atoms with Gasteiger partial charge in [-0.2, -0.15) is 0 Å². The van der Waals surface area contributed by atoms with Crippen molar-refractivity contribution in [3.8, 4) is 11.5 Å². The Hall–Kier alpha value is -3.68. The van der Waals surface area contributed by atoms with Crippen molar-refractivity contribution in [2.24, 2.45) is 15.9 Å². The summed E-state index contributed by atoms with van der Waals surface area (Å²) in [5.74, 6) is 0.317. The zero-order chi connectivity index (χ0) is 26.5. The Balaban J connectivity index is 1.56. The van der Waals surface area contributed by atoms with E-state index in [9.17, 15) is 18.0 Å². The molecule has 36 heavy (non-hydrogen) atoms. The first-order valence-corrected chi connectivity index (χ1v) is 12.6. The number of rotatable bonds is 8. The fourth-order valence-electron chi connectivity index (χ4n) is 3.74. The average Bonchev–Trinajstić information content (AvgIpc) is 3.27. The molecule has 0 radical (unpaired) electrons. The Morgan fingerprint density at radius 2 is 1.86 bits per heavy atom. The van der Waals surface area contributed by atoms with Crippen LogP contribution in [0.2, 0.25) is 0 Å². The van der Waals surface area contributed by atoms with E-state index in [1.165, 1.54) is 26.4 Å². The molecular weight excluding hydrogens is 488 g/mol. The van der Waals surface area contributed by atoms with Crippen LogP contribution in [0.25, 0.3) is 0 Å². The second-order valence-corrected chi connectivity index (χ2v) is 9.85. The molecule has 1 aliphatic heterocycles. The number of sulfonamides is 1. The first-order chi connectivity index (χ1) is 17.0. The number of anilines is 1. The highest BCUT2D eigenvalue weighted by atomic mass is 32.2. The fraction of sp³-hybridized carbons (Fsp3) is 0.348. The van der Waals surface area contributed by atoms with Gasteiger partial charge in [0, 0.05) is 12.2 Å². The number of methoxy groups -OCH3 is 2. The maximum atomic E-state index is 12.7. The molecule has 7 N–H and O–H groups in total. The summed E-state index contributed by atoms with van der Waals surface area (Å²) < 4.78 is 33.6. The summed E-state index contributed by atoms with van der Waals surface area (Å²) in [6.07, 6.45) is 0.396. The van der Waals surface area contributed by atoms with Crippen LogP contribution in [-0.4, -0.2) is 59.0 Å². The molecule has 13 heteroatoms. The van der Waals surface area contributed by atoms with Crippen LogP contribution >= 0.6 is 0 Å². The summed E-state index contributed by atoms with van der Waals surface area (Å²) in [5, 5.41) is 13.5. The minimum Gasteiger partial charge on any atom is -0.493 e. The lowest BCUT2D eigenvalue weighted by Gasteiger charge is -2.14. The van der Waals surface area contributed by atoms with Crippen LogP contribution in [0.4, 0.5) is 5.69 Å². The summed E-state index contributed by atoms with van der Waals surface area (Å²) in [6.45, 7) is 2.11. The number of aliphatic imine (C=N–C) groups is 1. The molecule has 1 fully saturated rings. The summed E-state index contributed by atoms with van der Waals surface area (Å²) in [5.41, 5.74) is 7.65. The molecule has 0 aromatic heterocycles. The lowest BCUT2D eigenvalue weighted by Crippen LogP contribution is -2.38. The van der Waals surface area contributed by atoms with Crippen LogP contribution in [0.3, 0.4) is 0 Å². The number of benzene rings is 2. The average molecular weight is 519 g/mol. The van der Waals surface area contributed by atoms with Crippen molar-refractivity contribution in [1.82, 2.24) is 10.6 Å². The summed E-state index contributed by atoms with van der Waals surface area (Å²) in [4.78, 5) is 29.3. The number of hydrogen-bond acceptors (Lipinski definition) is 8. The number of amides is 2. The molecule has 12 nitrogen and oxygen atoms in total. The lowest BCUT2D eigenvalue weighted by molar-refractivity contribution is -0.119. The van der Waals surface area contributed by atoms with Crippen molar-refractivity contribution in [3.05, 3.63) is 47.5 Å². The van der Waals surface area contributed by atoms with Crippen molar-refractivity contribution < 1.29 is 27.5 Å². The van der Waals surface area contributed by atoms with Gasteiger partial charge in [-0.3, -0.25) is 14.9 Å². The Kier molecular flexibility index (Phi) is 8.50. The largest absolute Gasteiger partial charge is 0.493 e. The maximum absolute atomic E-state index is 12.7. The van der Waals surface area contributed by atoms with Gasteiger partial charge in [0.2, 0.25) is 21.8 Å². The van der Waals surface area contributed by atoms with Crippen LogP contribution in [0.15, 0.2) is 46.3 Å². The van der Waals surface area contributed by atoms with Gasteiger partial charge in [-0.15, -0.1) is 0 Å². The third kappa shape index (κ3) is 6.93. The normalized spacial score (nSPS) is 17.9. The molecule has 2 atom stereocenters. The second-order valence-electron chi connectivity index (χ2n) is 8.29. The van der Waals surface area contributed by atoms with Gasteiger partial charge in [-0.05, 0) is 48.7 Å². The number of primary sulfonamides is 1. The molecule has 1 saturated heterocycles. The van der Waals surface area contributed by atoms with E-state index in [0.29, 0.717) is 41.3 Å². The third-order valence-corrected chi connectivity index (χ3v) is 6.53. The smallest absolute Gasteiger partial charge is 0.241 e. The van der Waals surface area contributed by atoms with E-state index < -0.39 is 16.1 Å². The molecule has 0 unspecified atom stereocenters. The Labute approximate surface area is 209 Å². The zero-order valence-corrected chi connectivity index (χ0v) is 21.0. The van der Waals surface area contributed by atoms with E-state index in [1.54, 1.807) is 31.2 Å². The highest BCUT2D eigenvalue weighted by Crippen LogP contribution is 2.27. The molecule has 1 aliphatic rings. The number of nitrogens with zero attached hydrogens (tertiary/aromatic N) is 1. The van der Waals surface area contributed by atoms with E-state index in [0.717, 1.165) is 0 Å². The third-order valence-electron chi connectivity index (χ3n) is 5.62. The quantitative estimate of drug-likeness (QED) is 0.238. The van der Waals surface area contributed by atoms with Gasteiger partial charge in [0.05, 0.1) is 37.6 Å². The van der Waals surface area contributed by atoms with Gasteiger partial charge in [-0.25, -0.2) is 18.5 Å². The molecule has 0 bridgehead atoms. The molecule has 1 heterocycles. The molecule has 2 aromatic carbocycles. The molecule has 2 aromatic rings. The number of carbonyl (C=O) groups is 2. The van der Waals surface area contributed by atoms with Crippen molar-refractivity contribution in [2.45, 2.75) is 36.7 Å². The van der Waals surface area contributed by atoms with E-state index in [2.05, 4.69) is 20.9 Å². The van der Waals surface area contributed by atoms with Crippen molar-refractivity contribution in [2.75, 3.05) is 26.1 Å². The van der Waals surface area contributed by atoms with E-state index >= 15 is 0 Å². The van der Waals surface area contributed by atoms with Gasteiger partial charge in [0.15, 0.2) is 17.5 Å². The second kappa shape index (κ2) is 11.4. The highest BCUT2D eigenvalue weighted by molar-refractivity contribution is 7.89. The number of nitrogens with two attached hydrogens (primary N) is 2. The lowest BCUT2D eigenvalue weighted by atomic mass is 10.1. The van der Waals surface area contributed by atoms with E-state index in [-0.39, 0.29) is 35.1 Å². The van der Waals surface area contributed by atoms with Gasteiger partial charge in [-0.1, -0.05) is 12.1 Å². The topological polar surface area (TPSA) is 187 Å². The first-order valence-electron chi connectivity index (χ1n) is 11.0. The van der Waals surface area contributed by atoms with Gasteiger partial charge in [0.25, 0.3) is 0 Å². The fourth-order valence-corrected chi connectivity index (χ4v) is 4.28. The van der Waals surface area contributed by atoms with Gasteiger partial charge < -0.3 is 25.8 Å². The molecule has 0 aliphatic carbocycles. The van der Waals surface area contributed by atoms with Crippen molar-refractivity contribution in [3.63, 3.8) is 0 Å². The van der Waals surface area contributed by atoms with Crippen molar-refractivity contribution >= 4 is 33.5 Å². The highest BCUT2D eigenvalue weighted by Gasteiger charge is 2.30. The van der Waals surface area contributed by atoms with Crippen molar-refractivity contribution in [1.29, 1.82) is 0 Å². The van der Waals surface area contributed by atoms with Crippen LogP contribution in [0.1, 0.15) is 17.5 Å². The molecule has 194 valence electrons. The Morgan fingerprint density at radius 3 is 2.53 bits per heavy atom. The molecule has 2 amide bonds. The Morgan fingerprint density at radius 1 is 1.14 bits per heavy atom. The molecule has 0 spiro atoms. The zero-order valence-electron chi connectivity index (χ0n) is 20.2. The molecule has 3 rings (SSSR count). The Bertz CT molecular complexity index is 1280. The van der Waals surface area contributed by atoms with Crippen LogP contribution in [0.5, 0.6) is 11.5 Å². The number of carbonyl (C=O) groups excluding carboxylic acids is 2. The van der Waals surface area contributed by atoms with Crippen LogP contribution < -0.4 is 36.3 Å². The van der Waals surface area contributed by atoms with Gasteiger partial charge >= 0.3 is 0 Å². The maximum Gasteiger partial charge on any atom is 0.241 e. The summed E-state index contributed by atoms with van der Waals surface area (Å²) in [7, 11) is -0.861. The summed E-state index contributed by atoms with van der Waals surface area (Å²) >= 11 is 0. The predicted octanol–water partition coefficient (Wildman–Crippen LogP) is 0.00222. The number of hydrogen-bond donors (Lipinski definition) is 5. The first kappa shape index (κ1) is 26.9. The number of ether oxygens (including phenoxy) is 2. The van der Waals surface area contributed by atoms with Gasteiger partial charge in [0.1, 0.15) is 0 Å². The number of aryl methyl sites for hydroxylation is 1. The number of nitrogens with one attached hydrogen (secondary N) is 3. The number of guanidine groups is 1. The summed E-state index contributed by atoms with van der Waals surface area (Å²) in [6, 6.07) is 8.51. The van der Waals surface area contributed by atoms with E-state index in [4.69, 9.17) is 20.3 Å². The minimum absolute atomic E-state index is 0.0509. The standard InChI is InChI=1S/C23H30N6O6S/c1-13-4-6-16(36(25,32)33)11-17(13)28-22(31)18-10-15(12-26-18)27-23(24)29-21(30)9-14-5-7-19(34-2)20(8-14)35-3/h4-8,11,15,18,26H,9-10,12H2,1-3H3,(H,28,31)(H2,25,32,33)(H3,24,27,29,30)/t15-,18-/m1/s1.